The molecule has 0 aliphatic heterocycles. The van der Waals surface area contributed by atoms with Crippen LogP contribution >= 0.6 is 11.3 Å². The average Bonchev–Trinajstić information content (AvgIpc) is 2.75. The quantitative estimate of drug-likeness (QED) is 0.869. The molecule has 0 saturated carbocycles. The molecule has 0 aliphatic carbocycles. The lowest BCUT2D eigenvalue weighted by molar-refractivity contribution is -0.0498. The van der Waals surface area contributed by atoms with Crippen LogP contribution in [-0.4, -0.2) is 17.1 Å². The molecular formula is C12H10F2N2O2S. The van der Waals surface area contributed by atoms with Gasteiger partial charge in [0.05, 0.1) is 0 Å². The Hall–Kier alpha value is -2.02. The minimum absolute atomic E-state index is 0.00762. The number of benzene rings is 1. The first kappa shape index (κ1) is 13.4. The summed E-state index contributed by atoms with van der Waals surface area (Å²) in [4.78, 5) is 16.3. The molecule has 19 heavy (non-hydrogen) atoms. The predicted octanol–water partition coefficient (Wildman–Crippen LogP) is 2.43. The van der Waals surface area contributed by atoms with Gasteiger partial charge in [-0.25, -0.2) is 0 Å². The number of aromatic nitrogens is 1. The lowest BCUT2D eigenvalue weighted by atomic mass is 10.2. The highest BCUT2D eigenvalue weighted by atomic mass is 32.1. The second-order valence-electron chi connectivity index (χ2n) is 3.62. The highest BCUT2D eigenvalue weighted by Gasteiger charge is 2.07. The Morgan fingerprint density at radius 2 is 2.05 bits per heavy atom. The molecule has 0 saturated heterocycles. The number of halogens is 2. The minimum atomic E-state index is -2.88. The number of amides is 1. The Labute approximate surface area is 111 Å². The minimum Gasteiger partial charge on any atom is -0.435 e. The summed E-state index contributed by atoms with van der Waals surface area (Å²) in [6.45, 7) is -2.88. The van der Waals surface area contributed by atoms with Crippen molar-refractivity contribution in [2.45, 2.75) is 6.61 Å². The largest absolute Gasteiger partial charge is 0.435 e. The Bertz CT molecular complexity index is 632. The number of hydrogen-bond acceptors (Lipinski definition) is 3. The van der Waals surface area contributed by atoms with E-state index in [1.807, 2.05) is 5.38 Å². The summed E-state index contributed by atoms with van der Waals surface area (Å²) in [5.41, 5.74) is 0.315. The van der Waals surface area contributed by atoms with Crippen LogP contribution in [0.4, 0.5) is 8.78 Å². The Balaban J connectivity index is 2.19. The normalized spacial score (nSPS) is 11.9. The Kier molecular flexibility index (Phi) is 4.06. The van der Waals surface area contributed by atoms with Crippen LogP contribution in [0.2, 0.25) is 0 Å². The van der Waals surface area contributed by atoms with Crippen molar-refractivity contribution in [3.05, 3.63) is 46.2 Å². The van der Waals surface area contributed by atoms with Crippen molar-refractivity contribution < 1.29 is 18.3 Å². The maximum absolute atomic E-state index is 12.0. The van der Waals surface area contributed by atoms with Crippen LogP contribution in [0.5, 0.6) is 5.75 Å². The van der Waals surface area contributed by atoms with Gasteiger partial charge in [-0.15, -0.1) is 11.3 Å². The van der Waals surface area contributed by atoms with Crippen molar-refractivity contribution in [1.82, 2.24) is 4.57 Å². The lowest BCUT2D eigenvalue weighted by Gasteiger charge is -2.03. The van der Waals surface area contributed by atoms with Gasteiger partial charge >= 0.3 is 6.61 Å². The third kappa shape index (κ3) is 3.47. The van der Waals surface area contributed by atoms with Gasteiger partial charge in [0, 0.05) is 24.2 Å². The number of alkyl halides is 2. The third-order valence-electron chi connectivity index (χ3n) is 2.28. The molecule has 1 aromatic heterocycles. The van der Waals surface area contributed by atoms with Gasteiger partial charge in [0.25, 0.3) is 5.91 Å². The van der Waals surface area contributed by atoms with Crippen molar-refractivity contribution >= 4 is 17.2 Å². The fourth-order valence-corrected chi connectivity index (χ4v) is 2.09. The van der Waals surface area contributed by atoms with E-state index in [1.165, 1.54) is 35.6 Å². The standard InChI is InChI=1S/C12H10F2N2O2S/c1-16-6-7-19-12(16)15-10(17)8-2-4-9(5-3-8)18-11(13)14/h2-7,11H,1H3. The average molecular weight is 284 g/mol. The van der Waals surface area contributed by atoms with Gasteiger partial charge in [0.1, 0.15) is 5.75 Å². The van der Waals surface area contributed by atoms with E-state index in [0.29, 0.717) is 10.4 Å². The molecule has 0 radical (unpaired) electrons. The van der Waals surface area contributed by atoms with Crippen molar-refractivity contribution in [3.63, 3.8) is 0 Å². The van der Waals surface area contributed by atoms with Gasteiger partial charge in [-0.3, -0.25) is 4.79 Å². The van der Waals surface area contributed by atoms with E-state index in [1.54, 1.807) is 17.8 Å². The number of ether oxygens (including phenoxy) is 1. The molecule has 0 N–H and O–H groups in total. The third-order valence-corrected chi connectivity index (χ3v) is 3.13. The van der Waals surface area contributed by atoms with Crippen molar-refractivity contribution in [2.75, 3.05) is 0 Å². The number of carbonyl (C=O) groups is 1. The van der Waals surface area contributed by atoms with E-state index in [4.69, 9.17) is 0 Å². The van der Waals surface area contributed by atoms with Crippen LogP contribution in [0.3, 0.4) is 0 Å². The summed E-state index contributed by atoms with van der Waals surface area (Å²) >= 11 is 1.34. The van der Waals surface area contributed by atoms with Crippen LogP contribution in [0.1, 0.15) is 10.4 Å². The van der Waals surface area contributed by atoms with Gasteiger partial charge in [-0.05, 0) is 24.3 Å². The van der Waals surface area contributed by atoms with Crippen LogP contribution in [0, 0.1) is 0 Å². The van der Waals surface area contributed by atoms with Crippen molar-refractivity contribution in [1.29, 1.82) is 0 Å². The molecule has 2 aromatic rings. The van der Waals surface area contributed by atoms with E-state index in [9.17, 15) is 13.6 Å². The first-order valence-electron chi connectivity index (χ1n) is 5.30. The van der Waals surface area contributed by atoms with Crippen LogP contribution < -0.4 is 9.54 Å². The van der Waals surface area contributed by atoms with Crippen molar-refractivity contribution in [2.24, 2.45) is 12.0 Å². The number of carbonyl (C=O) groups excluding carboxylic acids is 1. The highest BCUT2D eigenvalue weighted by Crippen LogP contribution is 2.15. The number of aryl methyl sites for hydroxylation is 1. The zero-order valence-corrected chi connectivity index (χ0v) is 10.7. The maximum atomic E-state index is 12.0. The lowest BCUT2D eigenvalue weighted by Crippen LogP contribution is -2.12. The van der Waals surface area contributed by atoms with Crippen LogP contribution in [-0.2, 0) is 7.05 Å². The van der Waals surface area contributed by atoms with E-state index in [2.05, 4.69) is 9.73 Å². The van der Waals surface area contributed by atoms with E-state index in [0.717, 1.165) is 0 Å². The summed E-state index contributed by atoms with van der Waals surface area (Å²) in [6.07, 6.45) is 1.79. The number of nitrogens with zero attached hydrogens (tertiary/aromatic N) is 2. The summed E-state index contributed by atoms with van der Waals surface area (Å²) < 4.78 is 29.8. The molecule has 0 bridgehead atoms. The van der Waals surface area contributed by atoms with Gasteiger partial charge in [-0.2, -0.15) is 13.8 Å². The SMILES string of the molecule is Cn1ccsc1=NC(=O)c1ccc(OC(F)F)cc1. The Morgan fingerprint density at radius 3 is 2.58 bits per heavy atom. The molecular weight excluding hydrogens is 274 g/mol. The van der Waals surface area contributed by atoms with Crippen LogP contribution in [0.25, 0.3) is 0 Å². The van der Waals surface area contributed by atoms with E-state index >= 15 is 0 Å². The highest BCUT2D eigenvalue weighted by molar-refractivity contribution is 7.07. The Morgan fingerprint density at radius 1 is 1.37 bits per heavy atom. The first-order valence-corrected chi connectivity index (χ1v) is 6.18. The molecule has 0 fully saturated rings. The first-order chi connectivity index (χ1) is 9.06. The zero-order chi connectivity index (χ0) is 13.8. The molecule has 7 heteroatoms. The number of hydrogen-bond donors (Lipinski definition) is 0. The number of thiazole rings is 1. The smallest absolute Gasteiger partial charge is 0.387 e. The molecule has 1 aromatic carbocycles. The topological polar surface area (TPSA) is 43.6 Å². The van der Waals surface area contributed by atoms with Gasteiger partial charge in [0.2, 0.25) is 0 Å². The predicted molar refractivity (Wildman–Crippen MR) is 66.3 cm³/mol. The van der Waals surface area contributed by atoms with E-state index < -0.39 is 12.5 Å². The molecule has 0 spiro atoms. The zero-order valence-electron chi connectivity index (χ0n) is 9.92. The molecule has 2 rings (SSSR count). The molecule has 0 atom stereocenters. The molecule has 0 unspecified atom stereocenters. The molecule has 100 valence electrons. The molecule has 4 nitrogen and oxygen atoms in total. The van der Waals surface area contributed by atoms with Crippen molar-refractivity contribution in [3.8, 4) is 5.75 Å². The summed E-state index contributed by atoms with van der Waals surface area (Å²) in [6, 6.07) is 5.42. The second-order valence-corrected chi connectivity index (χ2v) is 4.49. The monoisotopic (exact) mass is 284 g/mol. The van der Waals surface area contributed by atoms with E-state index in [-0.39, 0.29) is 5.75 Å². The second kappa shape index (κ2) is 5.75. The maximum Gasteiger partial charge on any atom is 0.387 e. The van der Waals surface area contributed by atoms with Crippen LogP contribution in [0.15, 0.2) is 40.8 Å². The number of rotatable bonds is 3. The summed E-state index contributed by atoms with van der Waals surface area (Å²) in [5.74, 6) is -0.421. The fourth-order valence-electron chi connectivity index (χ4n) is 1.37. The van der Waals surface area contributed by atoms with Gasteiger partial charge < -0.3 is 9.30 Å². The molecule has 1 amide bonds. The van der Waals surface area contributed by atoms with Gasteiger partial charge in [-0.1, -0.05) is 0 Å². The fraction of sp³-hybridized carbons (Fsp3) is 0.167. The summed E-state index contributed by atoms with van der Waals surface area (Å²) in [5, 5.41) is 1.81. The molecule has 1 heterocycles. The van der Waals surface area contributed by atoms with Gasteiger partial charge in [0.15, 0.2) is 4.80 Å². The molecule has 0 aliphatic rings. The summed E-state index contributed by atoms with van der Waals surface area (Å²) in [7, 11) is 1.78.